The molecule has 2 N–H and O–H groups in total. The second-order valence-corrected chi connectivity index (χ2v) is 2.26. The van der Waals surface area contributed by atoms with Gasteiger partial charge in [0.2, 0.25) is 0 Å². The first-order valence-electron chi connectivity index (χ1n) is 3.72. The van der Waals surface area contributed by atoms with Crippen molar-refractivity contribution in [1.29, 1.82) is 0 Å². The van der Waals surface area contributed by atoms with Gasteiger partial charge in [0.1, 0.15) is 6.23 Å². The largest absolute Gasteiger partial charge is 0.379 e. The first-order valence-corrected chi connectivity index (χ1v) is 3.72. The number of hydrogen-bond donors (Lipinski definition) is 2. The second kappa shape index (κ2) is 9.44. The molecule has 0 rings (SSSR count). The van der Waals surface area contributed by atoms with Gasteiger partial charge in [-0.05, 0) is 19.4 Å². The van der Waals surface area contributed by atoms with E-state index in [-0.39, 0.29) is 23.3 Å². The summed E-state index contributed by atoms with van der Waals surface area (Å²) in [6, 6.07) is 0. The molecule has 0 aliphatic carbocycles. The molecule has 1 unspecified atom stereocenters. The summed E-state index contributed by atoms with van der Waals surface area (Å²) in [7, 11) is 0. The van der Waals surface area contributed by atoms with Crippen LogP contribution in [0.3, 0.4) is 0 Å². The van der Waals surface area contributed by atoms with Gasteiger partial charge < -0.3 is 5.11 Å². The van der Waals surface area contributed by atoms with Crippen LogP contribution in [0.5, 0.6) is 0 Å². The summed E-state index contributed by atoms with van der Waals surface area (Å²) in [4.78, 5) is 0. The van der Waals surface area contributed by atoms with Crippen molar-refractivity contribution in [3.8, 4) is 0 Å². The fourth-order valence-electron chi connectivity index (χ4n) is 0.686. The molecular formula is C7H17CuNO. The van der Waals surface area contributed by atoms with E-state index in [4.69, 9.17) is 5.11 Å². The van der Waals surface area contributed by atoms with Gasteiger partial charge in [-0.2, -0.15) is 0 Å². The average molecular weight is 195 g/mol. The van der Waals surface area contributed by atoms with Crippen molar-refractivity contribution >= 4 is 0 Å². The number of hydrogen-bond acceptors (Lipinski definition) is 2. The van der Waals surface area contributed by atoms with Crippen LogP contribution in [0.2, 0.25) is 0 Å². The van der Waals surface area contributed by atoms with Crippen molar-refractivity contribution in [3.05, 3.63) is 0 Å². The first-order chi connectivity index (χ1) is 4.31. The van der Waals surface area contributed by atoms with Gasteiger partial charge in [0, 0.05) is 17.1 Å². The standard InChI is InChI=1S/C7H17NO.Cu/c1-3-5-7(9)8-6-4-2;/h7-9H,3-6H2,1-2H3;. The van der Waals surface area contributed by atoms with Crippen LogP contribution >= 0.6 is 0 Å². The minimum atomic E-state index is -0.282. The number of nitrogens with one attached hydrogen (secondary N) is 1. The third kappa shape index (κ3) is 8.44. The quantitative estimate of drug-likeness (QED) is 0.508. The summed E-state index contributed by atoms with van der Waals surface area (Å²) in [5, 5.41) is 12.1. The van der Waals surface area contributed by atoms with E-state index in [0.717, 1.165) is 25.8 Å². The Balaban J connectivity index is 0. The Bertz CT molecular complexity index is 61.6. The average Bonchev–Trinajstić information content (AvgIpc) is 1.85. The van der Waals surface area contributed by atoms with Crippen molar-refractivity contribution in [2.24, 2.45) is 0 Å². The fraction of sp³-hybridized carbons (Fsp3) is 1.00. The van der Waals surface area contributed by atoms with E-state index in [2.05, 4.69) is 19.2 Å². The Kier molecular flexibility index (Phi) is 12.3. The summed E-state index contributed by atoms with van der Waals surface area (Å²) in [5.74, 6) is 0. The SMILES string of the molecule is CCCNC(O)CCC.[Cu]. The molecule has 0 heterocycles. The molecule has 1 radical (unpaired) electrons. The summed E-state index contributed by atoms with van der Waals surface area (Å²) >= 11 is 0. The molecule has 1 atom stereocenters. The van der Waals surface area contributed by atoms with Crippen molar-refractivity contribution in [2.45, 2.75) is 39.3 Å². The molecule has 0 spiro atoms. The molecule has 10 heavy (non-hydrogen) atoms. The molecule has 0 fully saturated rings. The number of aliphatic hydroxyl groups is 1. The van der Waals surface area contributed by atoms with Crippen LogP contribution in [0.25, 0.3) is 0 Å². The van der Waals surface area contributed by atoms with Crippen molar-refractivity contribution in [2.75, 3.05) is 6.54 Å². The molecule has 0 aromatic rings. The first kappa shape index (κ1) is 13.1. The van der Waals surface area contributed by atoms with E-state index in [0.29, 0.717) is 0 Å². The predicted molar refractivity (Wildman–Crippen MR) is 39.2 cm³/mol. The summed E-state index contributed by atoms with van der Waals surface area (Å²) < 4.78 is 0. The van der Waals surface area contributed by atoms with Gasteiger partial charge in [0.05, 0.1) is 0 Å². The Morgan fingerprint density at radius 2 is 1.90 bits per heavy atom. The van der Waals surface area contributed by atoms with Gasteiger partial charge in [0.15, 0.2) is 0 Å². The molecule has 0 amide bonds. The zero-order valence-corrected chi connectivity index (χ0v) is 7.60. The molecule has 0 saturated heterocycles. The van der Waals surface area contributed by atoms with Crippen LogP contribution in [-0.2, 0) is 17.1 Å². The van der Waals surface area contributed by atoms with E-state index >= 15 is 0 Å². The van der Waals surface area contributed by atoms with E-state index in [1.807, 2.05) is 0 Å². The summed E-state index contributed by atoms with van der Waals surface area (Å²) in [5.41, 5.74) is 0. The van der Waals surface area contributed by atoms with Gasteiger partial charge in [0.25, 0.3) is 0 Å². The van der Waals surface area contributed by atoms with Crippen molar-refractivity contribution < 1.29 is 22.2 Å². The molecular weight excluding hydrogens is 178 g/mol. The van der Waals surface area contributed by atoms with Gasteiger partial charge in [-0.1, -0.05) is 20.3 Å². The Morgan fingerprint density at radius 1 is 1.30 bits per heavy atom. The molecule has 67 valence electrons. The maximum absolute atomic E-state index is 9.07. The van der Waals surface area contributed by atoms with E-state index in [9.17, 15) is 0 Å². The van der Waals surface area contributed by atoms with Crippen LogP contribution < -0.4 is 5.32 Å². The summed E-state index contributed by atoms with van der Waals surface area (Å²) in [6.45, 7) is 5.07. The van der Waals surface area contributed by atoms with Crippen LogP contribution in [0.4, 0.5) is 0 Å². The van der Waals surface area contributed by atoms with Crippen LogP contribution in [0, 0.1) is 0 Å². The Morgan fingerprint density at radius 3 is 2.30 bits per heavy atom. The Labute approximate surface area is 73.9 Å². The van der Waals surface area contributed by atoms with Gasteiger partial charge in [-0.15, -0.1) is 0 Å². The molecule has 0 aliphatic heterocycles. The molecule has 3 heteroatoms. The van der Waals surface area contributed by atoms with E-state index < -0.39 is 0 Å². The van der Waals surface area contributed by atoms with Crippen LogP contribution in [0.1, 0.15) is 33.1 Å². The van der Waals surface area contributed by atoms with E-state index in [1.165, 1.54) is 0 Å². The summed E-state index contributed by atoms with van der Waals surface area (Å²) in [6.07, 6.45) is 2.70. The number of rotatable bonds is 5. The van der Waals surface area contributed by atoms with Crippen LogP contribution in [0.15, 0.2) is 0 Å². The Hall–Kier alpha value is 0.439. The monoisotopic (exact) mass is 194 g/mol. The second-order valence-electron chi connectivity index (χ2n) is 2.26. The maximum Gasteiger partial charge on any atom is 0.104 e. The molecule has 0 aliphatic rings. The van der Waals surface area contributed by atoms with Gasteiger partial charge in [-0.3, -0.25) is 5.32 Å². The normalized spacial score (nSPS) is 12.3. The smallest absolute Gasteiger partial charge is 0.104 e. The fourth-order valence-corrected chi connectivity index (χ4v) is 0.686. The maximum atomic E-state index is 9.07. The van der Waals surface area contributed by atoms with E-state index in [1.54, 1.807) is 0 Å². The third-order valence-electron chi connectivity index (χ3n) is 1.19. The van der Waals surface area contributed by atoms with Gasteiger partial charge >= 0.3 is 0 Å². The minimum absolute atomic E-state index is 0. The van der Waals surface area contributed by atoms with Crippen molar-refractivity contribution in [3.63, 3.8) is 0 Å². The topological polar surface area (TPSA) is 32.3 Å². The van der Waals surface area contributed by atoms with Gasteiger partial charge in [-0.25, -0.2) is 0 Å². The van der Waals surface area contributed by atoms with Crippen molar-refractivity contribution in [1.82, 2.24) is 5.32 Å². The molecule has 0 saturated carbocycles. The molecule has 0 aromatic heterocycles. The zero-order valence-electron chi connectivity index (χ0n) is 6.65. The molecule has 0 bridgehead atoms. The minimum Gasteiger partial charge on any atom is -0.379 e. The number of aliphatic hydroxyl groups excluding tert-OH is 1. The third-order valence-corrected chi connectivity index (χ3v) is 1.19. The predicted octanol–water partition coefficient (Wildman–Crippen LogP) is 1.10. The molecule has 0 aromatic carbocycles. The van der Waals surface area contributed by atoms with Crippen LogP contribution in [-0.4, -0.2) is 17.9 Å². The zero-order chi connectivity index (χ0) is 7.11. The molecule has 2 nitrogen and oxygen atoms in total.